The molecular formula is C16H19ClN2O3. The van der Waals surface area contributed by atoms with E-state index >= 15 is 0 Å². The summed E-state index contributed by atoms with van der Waals surface area (Å²) in [5, 5.41) is 3.52. The first kappa shape index (κ1) is 16.4. The number of aryl methyl sites for hydroxylation is 1. The lowest BCUT2D eigenvalue weighted by Gasteiger charge is -2.28. The molecule has 1 aromatic heterocycles. The van der Waals surface area contributed by atoms with Crippen molar-refractivity contribution in [3.63, 3.8) is 0 Å². The van der Waals surface area contributed by atoms with Crippen LogP contribution < -0.4 is 10.1 Å². The van der Waals surface area contributed by atoms with E-state index in [0.29, 0.717) is 22.9 Å². The van der Waals surface area contributed by atoms with Crippen LogP contribution in [0.1, 0.15) is 42.6 Å². The van der Waals surface area contributed by atoms with Crippen LogP contribution in [0.15, 0.2) is 29.0 Å². The Labute approximate surface area is 134 Å². The largest absolute Gasteiger partial charge is 0.496 e. The zero-order valence-corrected chi connectivity index (χ0v) is 13.8. The molecule has 0 fully saturated rings. The van der Waals surface area contributed by atoms with Gasteiger partial charge in [0.2, 0.25) is 5.76 Å². The molecule has 1 amide bonds. The Balaban J connectivity index is 2.31. The molecule has 0 spiro atoms. The van der Waals surface area contributed by atoms with Gasteiger partial charge in [0.25, 0.3) is 5.91 Å². The highest BCUT2D eigenvalue weighted by molar-refractivity contribution is 6.30. The lowest BCUT2D eigenvalue weighted by atomic mass is 9.93. The summed E-state index contributed by atoms with van der Waals surface area (Å²) in [5.41, 5.74) is 0.727. The number of benzene rings is 1. The van der Waals surface area contributed by atoms with E-state index in [1.165, 1.54) is 6.39 Å². The first-order valence-corrected chi connectivity index (χ1v) is 7.35. The molecule has 0 saturated carbocycles. The second-order valence-electron chi connectivity index (χ2n) is 5.41. The molecule has 6 heteroatoms. The molecule has 0 atom stereocenters. The summed E-state index contributed by atoms with van der Waals surface area (Å²) in [6.45, 7) is 5.67. The third-order valence-electron chi connectivity index (χ3n) is 3.44. The number of carbonyl (C=O) groups excluding carboxylic acids is 1. The number of hydrogen-bond donors (Lipinski definition) is 1. The Hall–Kier alpha value is -2.01. The third-order valence-corrected chi connectivity index (χ3v) is 3.68. The van der Waals surface area contributed by atoms with E-state index < -0.39 is 5.54 Å². The van der Waals surface area contributed by atoms with Crippen LogP contribution in [0.5, 0.6) is 5.75 Å². The highest BCUT2D eigenvalue weighted by Gasteiger charge is 2.29. The maximum absolute atomic E-state index is 12.4. The van der Waals surface area contributed by atoms with E-state index in [1.54, 1.807) is 25.3 Å². The predicted octanol–water partition coefficient (Wildman–Crippen LogP) is 3.56. The minimum atomic E-state index is -0.689. The van der Waals surface area contributed by atoms with Gasteiger partial charge >= 0.3 is 0 Å². The molecule has 0 bridgehead atoms. The molecule has 0 unspecified atom stereocenters. The number of aromatic nitrogens is 1. The molecule has 5 nitrogen and oxygen atoms in total. The number of hydrogen-bond acceptors (Lipinski definition) is 4. The maximum Gasteiger partial charge on any atom is 0.289 e. The van der Waals surface area contributed by atoms with Crippen molar-refractivity contribution in [1.29, 1.82) is 0 Å². The summed E-state index contributed by atoms with van der Waals surface area (Å²) in [6, 6.07) is 5.30. The van der Waals surface area contributed by atoms with Crippen LogP contribution in [-0.4, -0.2) is 18.0 Å². The van der Waals surface area contributed by atoms with Gasteiger partial charge in [0.15, 0.2) is 6.39 Å². The molecule has 2 aromatic rings. The van der Waals surface area contributed by atoms with Crippen LogP contribution in [-0.2, 0) is 12.0 Å². The molecule has 0 aliphatic heterocycles. The zero-order valence-electron chi connectivity index (χ0n) is 13.1. The molecule has 0 radical (unpaired) electrons. The molecule has 0 aliphatic carbocycles. The van der Waals surface area contributed by atoms with Gasteiger partial charge in [-0.3, -0.25) is 4.79 Å². The number of amides is 1. The number of oxazole rings is 1. The fourth-order valence-corrected chi connectivity index (χ4v) is 2.45. The van der Waals surface area contributed by atoms with Crippen LogP contribution in [0.3, 0.4) is 0 Å². The average Bonchev–Trinajstić information content (AvgIpc) is 2.95. The van der Waals surface area contributed by atoms with Gasteiger partial charge in [0, 0.05) is 10.6 Å². The van der Waals surface area contributed by atoms with Crippen LogP contribution in [0.25, 0.3) is 0 Å². The fourth-order valence-electron chi connectivity index (χ4n) is 2.28. The first-order valence-electron chi connectivity index (χ1n) is 6.98. The molecule has 1 aromatic carbocycles. The van der Waals surface area contributed by atoms with Crippen LogP contribution >= 0.6 is 11.6 Å². The second kappa shape index (κ2) is 6.40. The highest BCUT2D eigenvalue weighted by Crippen LogP contribution is 2.32. The number of ether oxygens (including phenoxy) is 1. The lowest BCUT2D eigenvalue weighted by Crippen LogP contribution is -2.41. The SMILES string of the molecule is CCc1ncoc1C(=O)NC(C)(C)c1cc(Cl)ccc1OC. The van der Waals surface area contributed by atoms with Gasteiger partial charge in [0.05, 0.1) is 18.3 Å². The van der Waals surface area contributed by atoms with Crippen molar-refractivity contribution in [3.05, 3.63) is 46.6 Å². The maximum atomic E-state index is 12.4. The monoisotopic (exact) mass is 322 g/mol. The van der Waals surface area contributed by atoms with Crippen molar-refractivity contribution in [2.75, 3.05) is 7.11 Å². The molecule has 1 heterocycles. The number of methoxy groups -OCH3 is 1. The lowest BCUT2D eigenvalue weighted by molar-refractivity contribution is 0.0881. The molecule has 0 aliphatic rings. The van der Waals surface area contributed by atoms with Crippen molar-refractivity contribution in [2.24, 2.45) is 0 Å². The van der Waals surface area contributed by atoms with E-state index in [4.69, 9.17) is 20.8 Å². The van der Waals surface area contributed by atoms with Crippen molar-refractivity contribution in [1.82, 2.24) is 10.3 Å². The Morgan fingerprint density at radius 2 is 2.18 bits per heavy atom. The Bertz CT molecular complexity index is 680. The van der Waals surface area contributed by atoms with Crippen LogP contribution in [0.4, 0.5) is 0 Å². The van der Waals surface area contributed by atoms with Gasteiger partial charge in [-0.1, -0.05) is 18.5 Å². The van der Waals surface area contributed by atoms with Crippen molar-refractivity contribution in [3.8, 4) is 5.75 Å². The Kier molecular flexibility index (Phi) is 4.76. The number of nitrogens with zero attached hydrogens (tertiary/aromatic N) is 1. The van der Waals surface area contributed by atoms with Crippen molar-refractivity contribution in [2.45, 2.75) is 32.7 Å². The average molecular weight is 323 g/mol. The van der Waals surface area contributed by atoms with Gasteiger partial charge < -0.3 is 14.5 Å². The highest BCUT2D eigenvalue weighted by atomic mass is 35.5. The zero-order chi connectivity index (χ0) is 16.3. The number of rotatable bonds is 5. The van der Waals surface area contributed by atoms with Crippen LogP contribution in [0.2, 0.25) is 5.02 Å². The number of carbonyl (C=O) groups is 1. The third kappa shape index (κ3) is 3.25. The summed E-state index contributed by atoms with van der Waals surface area (Å²) in [4.78, 5) is 16.5. The summed E-state index contributed by atoms with van der Waals surface area (Å²) >= 11 is 6.07. The topological polar surface area (TPSA) is 64.4 Å². The summed E-state index contributed by atoms with van der Waals surface area (Å²) in [6.07, 6.45) is 1.90. The molecule has 2 rings (SSSR count). The first-order chi connectivity index (χ1) is 10.4. The number of nitrogens with one attached hydrogen (secondary N) is 1. The van der Waals surface area contributed by atoms with Crippen molar-refractivity contribution < 1.29 is 13.9 Å². The predicted molar refractivity (Wildman–Crippen MR) is 84.4 cm³/mol. The van der Waals surface area contributed by atoms with E-state index in [1.807, 2.05) is 20.8 Å². The van der Waals surface area contributed by atoms with E-state index in [9.17, 15) is 4.79 Å². The van der Waals surface area contributed by atoms with E-state index in [0.717, 1.165) is 5.56 Å². The molecule has 0 saturated heterocycles. The van der Waals surface area contributed by atoms with Gasteiger partial charge in [-0.15, -0.1) is 0 Å². The second-order valence-corrected chi connectivity index (χ2v) is 5.84. The van der Waals surface area contributed by atoms with Crippen LogP contribution in [0, 0.1) is 0 Å². The number of halogens is 1. The summed E-state index contributed by atoms with van der Waals surface area (Å²) in [5.74, 6) is 0.570. The van der Waals surface area contributed by atoms with E-state index in [-0.39, 0.29) is 11.7 Å². The minimum Gasteiger partial charge on any atom is -0.496 e. The minimum absolute atomic E-state index is 0.233. The normalized spacial score (nSPS) is 11.3. The molecule has 118 valence electrons. The smallest absolute Gasteiger partial charge is 0.289 e. The summed E-state index contributed by atoms with van der Waals surface area (Å²) < 4.78 is 10.6. The molecular weight excluding hydrogens is 304 g/mol. The van der Waals surface area contributed by atoms with E-state index in [2.05, 4.69) is 10.3 Å². The van der Waals surface area contributed by atoms with Gasteiger partial charge in [-0.2, -0.15) is 0 Å². The summed E-state index contributed by atoms with van der Waals surface area (Å²) in [7, 11) is 1.58. The fraction of sp³-hybridized carbons (Fsp3) is 0.375. The Morgan fingerprint density at radius 3 is 2.82 bits per heavy atom. The quantitative estimate of drug-likeness (QED) is 0.914. The van der Waals surface area contributed by atoms with Gasteiger partial charge in [-0.25, -0.2) is 4.98 Å². The van der Waals surface area contributed by atoms with Crippen molar-refractivity contribution >= 4 is 17.5 Å². The molecule has 22 heavy (non-hydrogen) atoms. The Morgan fingerprint density at radius 1 is 1.45 bits per heavy atom. The van der Waals surface area contributed by atoms with Gasteiger partial charge in [-0.05, 0) is 38.5 Å². The standard InChI is InChI=1S/C16H19ClN2O3/c1-5-12-14(22-9-18-12)15(20)19-16(2,3)11-8-10(17)6-7-13(11)21-4/h6-9H,5H2,1-4H3,(H,19,20). The van der Waals surface area contributed by atoms with Gasteiger partial charge in [0.1, 0.15) is 5.75 Å². The molecule has 1 N–H and O–H groups in total.